The average Bonchev–Trinajstić information content (AvgIpc) is 3.22. The number of carbonyl (C=O) groups excluding carboxylic acids is 2. The van der Waals surface area contributed by atoms with Gasteiger partial charge in [0.15, 0.2) is 5.69 Å². The zero-order chi connectivity index (χ0) is 27.2. The zero-order valence-electron chi connectivity index (χ0n) is 21.3. The Morgan fingerprint density at radius 1 is 1.08 bits per heavy atom. The van der Waals surface area contributed by atoms with E-state index in [1.807, 2.05) is 19.1 Å². The predicted octanol–water partition coefficient (Wildman–Crippen LogP) is 6.68. The number of rotatable bonds is 9. The van der Waals surface area contributed by atoms with E-state index in [1.165, 1.54) is 0 Å². The van der Waals surface area contributed by atoms with Crippen molar-refractivity contribution < 1.29 is 19.1 Å². The first-order valence-electron chi connectivity index (χ1n) is 12.6. The number of halogens is 3. The third kappa shape index (κ3) is 6.89. The van der Waals surface area contributed by atoms with Gasteiger partial charge in [-0.1, -0.05) is 53.4 Å². The molecule has 1 saturated carbocycles. The third-order valence-electron chi connectivity index (χ3n) is 6.59. The van der Waals surface area contributed by atoms with E-state index in [-0.39, 0.29) is 30.4 Å². The molecule has 2 atom stereocenters. The normalized spacial score (nSPS) is 17.3. The minimum absolute atomic E-state index is 0.0184. The van der Waals surface area contributed by atoms with Gasteiger partial charge < -0.3 is 14.8 Å². The molecule has 0 spiro atoms. The summed E-state index contributed by atoms with van der Waals surface area (Å²) >= 11 is 18.8. The zero-order valence-corrected chi connectivity index (χ0v) is 23.6. The molecule has 0 radical (unpaired) electrons. The predicted molar refractivity (Wildman–Crippen MR) is 149 cm³/mol. The van der Waals surface area contributed by atoms with Crippen LogP contribution in [0.2, 0.25) is 15.1 Å². The second-order valence-electron chi connectivity index (χ2n) is 9.36. The first-order chi connectivity index (χ1) is 18.3. The molecule has 1 aromatic heterocycles. The second-order valence-corrected chi connectivity index (χ2v) is 10.6. The van der Waals surface area contributed by atoms with Crippen LogP contribution in [0.15, 0.2) is 42.5 Å². The molecule has 7 nitrogen and oxygen atoms in total. The van der Waals surface area contributed by atoms with Crippen LogP contribution in [0.4, 0.5) is 0 Å². The molecule has 10 heteroatoms. The molecule has 1 amide bonds. The number of benzene rings is 2. The summed E-state index contributed by atoms with van der Waals surface area (Å²) in [6, 6.07) is 12.5. The topological polar surface area (TPSA) is 82.4 Å². The van der Waals surface area contributed by atoms with Gasteiger partial charge in [0.25, 0.3) is 5.91 Å². The van der Waals surface area contributed by atoms with Gasteiger partial charge in [-0.05, 0) is 69.4 Å². The number of carbonyl (C=O) groups is 2. The summed E-state index contributed by atoms with van der Waals surface area (Å²) in [5, 5.41) is 9.41. The summed E-state index contributed by atoms with van der Waals surface area (Å²) < 4.78 is 12.1. The molecule has 1 aliphatic carbocycles. The molecule has 1 N–H and O–H groups in total. The van der Waals surface area contributed by atoms with E-state index in [4.69, 9.17) is 49.4 Å². The van der Waals surface area contributed by atoms with Gasteiger partial charge in [0.1, 0.15) is 6.61 Å². The lowest BCUT2D eigenvalue weighted by Gasteiger charge is -2.29. The van der Waals surface area contributed by atoms with Crippen molar-refractivity contribution in [3.05, 3.63) is 68.8 Å². The van der Waals surface area contributed by atoms with Crippen LogP contribution in [-0.2, 0) is 14.3 Å². The highest BCUT2D eigenvalue weighted by atomic mass is 35.5. The number of aromatic nitrogens is 2. The molecule has 2 aromatic carbocycles. The fourth-order valence-electron chi connectivity index (χ4n) is 4.82. The van der Waals surface area contributed by atoms with Crippen LogP contribution < -0.4 is 5.32 Å². The van der Waals surface area contributed by atoms with E-state index in [2.05, 4.69) is 5.32 Å². The molecule has 202 valence electrons. The van der Waals surface area contributed by atoms with Gasteiger partial charge in [0, 0.05) is 27.2 Å². The van der Waals surface area contributed by atoms with Gasteiger partial charge >= 0.3 is 5.97 Å². The fourth-order valence-corrected chi connectivity index (χ4v) is 5.44. The van der Waals surface area contributed by atoms with Crippen molar-refractivity contribution in [1.82, 2.24) is 15.1 Å². The van der Waals surface area contributed by atoms with E-state index in [9.17, 15) is 9.59 Å². The molecule has 1 aliphatic rings. The standard InChI is InChI=1S/C28H30Cl3N3O4/c1-3-38-25(35)16-37-15-18-5-4-6-22(13-18)32-28(36)26-17(2)27(19-7-9-20(29)10-8-19)34(33-26)24-12-11-21(30)14-23(24)31/h7-12,14,18,22H,3-6,13,15-16H2,1-2H3,(H,32,36). The lowest BCUT2D eigenvalue weighted by Crippen LogP contribution is -2.39. The molecule has 2 unspecified atom stereocenters. The van der Waals surface area contributed by atoms with Crippen LogP contribution in [0.1, 0.15) is 48.7 Å². The number of hydrogen-bond acceptors (Lipinski definition) is 5. The monoisotopic (exact) mass is 577 g/mol. The van der Waals surface area contributed by atoms with Gasteiger partial charge in [-0.25, -0.2) is 9.48 Å². The summed E-state index contributed by atoms with van der Waals surface area (Å²) in [4.78, 5) is 25.0. The number of hydrogen-bond donors (Lipinski definition) is 1. The number of nitrogens with one attached hydrogen (secondary N) is 1. The number of nitrogens with zero attached hydrogens (tertiary/aromatic N) is 2. The first kappa shape index (κ1) is 28.4. The molecule has 4 rings (SSSR count). The first-order valence-corrected chi connectivity index (χ1v) is 13.8. The van der Waals surface area contributed by atoms with E-state index in [0.29, 0.717) is 39.7 Å². The number of ether oxygens (including phenoxy) is 2. The molecule has 0 bridgehead atoms. The number of esters is 1. The highest BCUT2D eigenvalue weighted by Crippen LogP contribution is 2.33. The lowest BCUT2D eigenvalue weighted by molar-refractivity contribution is -0.149. The van der Waals surface area contributed by atoms with Gasteiger partial charge in [-0.15, -0.1) is 0 Å². The van der Waals surface area contributed by atoms with Gasteiger partial charge in [-0.3, -0.25) is 4.79 Å². The average molecular weight is 579 g/mol. The maximum atomic E-state index is 13.5. The maximum Gasteiger partial charge on any atom is 0.332 e. The Labute approximate surface area is 237 Å². The molecule has 3 aromatic rings. The van der Waals surface area contributed by atoms with E-state index < -0.39 is 0 Å². The Kier molecular flexibility index (Phi) is 9.71. The van der Waals surface area contributed by atoms with Gasteiger partial charge in [-0.2, -0.15) is 5.10 Å². The molecule has 1 fully saturated rings. The van der Waals surface area contributed by atoms with Crippen LogP contribution in [-0.4, -0.2) is 47.5 Å². The summed E-state index contributed by atoms with van der Waals surface area (Å²) in [5.74, 6) is -0.365. The molecular formula is C28H30Cl3N3O4. The largest absolute Gasteiger partial charge is 0.464 e. The Bertz CT molecular complexity index is 1290. The van der Waals surface area contributed by atoms with E-state index in [1.54, 1.807) is 41.9 Å². The van der Waals surface area contributed by atoms with Gasteiger partial charge in [0.2, 0.25) is 0 Å². The maximum absolute atomic E-state index is 13.5. The Hall–Kier alpha value is -2.58. The third-order valence-corrected chi connectivity index (χ3v) is 7.38. The van der Waals surface area contributed by atoms with E-state index >= 15 is 0 Å². The van der Waals surface area contributed by atoms with Crippen molar-refractivity contribution in [1.29, 1.82) is 0 Å². The minimum Gasteiger partial charge on any atom is -0.464 e. The Morgan fingerprint density at radius 2 is 1.82 bits per heavy atom. The number of amides is 1. The van der Waals surface area contributed by atoms with Crippen LogP contribution in [0.3, 0.4) is 0 Å². The molecule has 0 aliphatic heterocycles. The summed E-state index contributed by atoms with van der Waals surface area (Å²) in [7, 11) is 0. The quantitative estimate of drug-likeness (QED) is 0.287. The molecule has 38 heavy (non-hydrogen) atoms. The van der Waals surface area contributed by atoms with Crippen molar-refractivity contribution in [3.8, 4) is 16.9 Å². The van der Waals surface area contributed by atoms with E-state index in [0.717, 1.165) is 42.5 Å². The molecule has 0 saturated heterocycles. The van der Waals surface area contributed by atoms with Crippen molar-refractivity contribution in [2.45, 2.75) is 45.6 Å². The second kappa shape index (κ2) is 13.0. The summed E-state index contributed by atoms with van der Waals surface area (Å²) in [5.41, 5.74) is 3.24. The highest BCUT2D eigenvalue weighted by molar-refractivity contribution is 6.35. The Balaban J connectivity index is 1.54. The highest BCUT2D eigenvalue weighted by Gasteiger charge is 2.28. The van der Waals surface area contributed by atoms with Crippen LogP contribution in [0.25, 0.3) is 16.9 Å². The SMILES string of the molecule is CCOC(=O)COCC1CCCC(NC(=O)c2nn(-c3ccc(Cl)cc3Cl)c(-c3ccc(Cl)cc3)c2C)C1. The van der Waals surface area contributed by atoms with Gasteiger partial charge in [0.05, 0.1) is 29.6 Å². The van der Waals surface area contributed by atoms with Crippen LogP contribution in [0.5, 0.6) is 0 Å². The van der Waals surface area contributed by atoms with Crippen molar-refractivity contribution in [2.24, 2.45) is 5.92 Å². The lowest BCUT2D eigenvalue weighted by atomic mass is 9.86. The van der Waals surface area contributed by atoms with Crippen LogP contribution >= 0.6 is 34.8 Å². The smallest absolute Gasteiger partial charge is 0.332 e. The van der Waals surface area contributed by atoms with Crippen LogP contribution in [0, 0.1) is 12.8 Å². The van der Waals surface area contributed by atoms with Crippen molar-refractivity contribution in [2.75, 3.05) is 19.8 Å². The molecule has 1 heterocycles. The van der Waals surface area contributed by atoms with Crippen molar-refractivity contribution in [3.63, 3.8) is 0 Å². The fraction of sp³-hybridized carbons (Fsp3) is 0.393. The van der Waals surface area contributed by atoms with Crippen molar-refractivity contribution >= 4 is 46.7 Å². The minimum atomic E-state index is -0.364. The summed E-state index contributed by atoms with van der Waals surface area (Å²) in [6.45, 7) is 4.37. The molecular weight excluding hydrogens is 549 g/mol. The Morgan fingerprint density at radius 3 is 2.53 bits per heavy atom. The summed E-state index contributed by atoms with van der Waals surface area (Å²) in [6.07, 6.45) is 3.58.